The van der Waals surface area contributed by atoms with Crippen LogP contribution in [0.15, 0.2) is 30.3 Å². The Kier molecular flexibility index (Phi) is 5.53. The molecule has 1 amide bonds. The highest BCUT2D eigenvalue weighted by Crippen LogP contribution is 2.28. The Morgan fingerprint density at radius 3 is 2.65 bits per heavy atom. The van der Waals surface area contributed by atoms with E-state index < -0.39 is 0 Å². The van der Waals surface area contributed by atoms with Crippen molar-refractivity contribution in [3.63, 3.8) is 0 Å². The molecule has 0 aliphatic heterocycles. The van der Waals surface area contributed by atoms with E-state index >= 15 is 0 Å². The van der Waals surface area contributed by atoms with Crippen molar-refractivity contribution >= 4 is 18.5 Å². The van der Waals surface area contributed by atoms with Crippen LogP contribution in [0.1, 0.15) is 38.7 Å². The highest BCUT2D eigenvalue weighted by molar-refractivity contribution is 7.81. The monoisotopic (exact) mass is 291 g/mol. The lowest BCUT2D eigenvalue weighted by molar-refractivity contribution is -0.121. The van der Waals surface area contributed by atoms with Crippen molar-refractivity contribution in [1.82, 2.24) is 5.32 Å². The van der Waals surface area contributed by atoms with E-state index in [9.17, 15) is 4.79 Å². The van der Waals surface area contributed by atoms with Crippen molar-refractivity contribution in [1.29, 1.82) is 0 Å². The zero-order valence-electron chi connectivity index (χ0n) is 12.4. The van der Waals surface area contributed by atoms with Crippen molar-refractivity contribution < 1.29 is 4.79 Å². The van der Waals surface area contributed by atoms with Gasteiger partial charge in [0.25, 0.3) is 0 Å². The molecular weight excluding hydrogens is 266 g/mol. The summed E-state index contributed by atoms with van der Waals surface area (Å²) in [5.41, 5.74) is 1.16. The second-order valence-electron chi connectivity index (χ2n) is 6.22. The normalized spacial score (nSPS) is 27.9. The SMILES string of the molecule is CC1CCC(NC(=O)C(S)Cc2ccccc2)C(C)C1. The summed E-state index contributed by atoms with van der Waals surface area (Å²) in [4.78, 5) is 12.3. The predicted octanol–water partition coefficient (Wildman–Crippen LogP) is 3.47. The largest absolute Gasteiger partial charge is 0.352 e. The van der Waals surface area contributed by atoms with Crippen molar-refractivity contribution in [3.8, 4) is 0 Å². The molecule has 1 fully saturated rings. The van der Waals surface area contributed by atoms with Crippen LogP contribution in [0.4, 0.5) is 0 Å². The van der Waals surface area contributed by atoms with Gasteiger partial charge < -0.3 is 5.32 Å². The highest BCUT2D eigenvalue weighted by atomic mass is 32.1. The Morgan fingerprint density at radius 1 is 1.30 bits per heavy atom. The molecule has 2 nitrogen and oxygen atoms in total. The van der Waals surface area contributed by atoms with Gasteiger partial charge in [-0.25, -0.2) is 0 Å². The maximum absolute atomic E-state index is 12.3. The van der Waals surface area contributed by atoms with Gasteiger partial charge in [-0.05, 0) is 43.1 Å². The minimum atomic E-state index is -0.260. The number of benzene rings is 1. The van der Waals surface area contributed by atoms with E-state index in [0.29, 0.717) is 18.4 Å². The number of hydrogen-bond donors (Lipinski definition) is 2. The lowest BCUT2D eigenvalue weighted by atomic mass is 9.80. The Labute approximate surface area is 127 Å². The molecule has 1 aliphatic rings. The summed E-state index contributed by atoms with van der Waals surface area (Å²) in [5, 5.41) is 2.93. The number of nitrogens with one attached hydrogen (secondary N) is 1. The minimum absolute atomic E-state index is 0.0728. The minimum Gasteiger partial charge on any atom is -0.352 e. The second kappa shape index (κ2) is 7.16. The first kappa shape index (κ1) is 15.4. The zero-order valence-corrected chi connectivity index (χ0v) is 13.3. The molecule has 1 N–H and O–H groups in total. The molecular formula is C17H25NOS. The average molecular weight is 291 g/mol. The zero-order chi connectivity index (χ0) is 14.5. The van der Waals surface area contributed by atoms with Crippen LogP contribution >= 0.6 is 12.6 Å². The topological polar surface area (TPSA) is 29.1 Å². The molecule has 4 atom stereocenters. The lowest BCUT2D eigenvalue weighted by Gasteiger charge is -2.33. The van der Waals surface area contributed by atoms with Gasteiger partial charge in [0.1, 0.15) is 0 Å². The number of amides is 1. The van der Waals surface area contributed by atoms with Crippen molar-refractivity contribution in [2.24, 2.45) is 11.8 Å². The van der Waals surface area contributed by atoms with Gasteiger partial charge in [-0.15, -0.1) is 0 Å². The predicted molar refractivity (Wildman–Crippen MR) is 87.0 cm³/mol. The molecule has 0 bridgehead atoms. The van der Waals surface area contributed by atoms with Gasteiger partial charge in [0.05, 0.1) is 5.25 Å². The first-order valence-electron chi connectivity index (χ1n) is 7.58. The van der Waals surface area contributed by atoms with Crippen LogP contribution in [-0.4, -0.2) is 17.2 Å². The van der Waals surface area contributed by atoms with Gasteiger partial charge in [-0.3, -0.25) is 4.79 Å². The van der Waals surface area contributed by atoms with E-state index in [1.807, 2.05) is 30.3 Å². The molecule has 1 aliphatic carbocycles. The summed E-state index contributed by atoms with van der Waals surface area (Å²) >= 11 is 4.47. The summed E-state index contributed by atoms with van der Waals surface area (Å²) in [6.45, 7) is 4.54. The van der Waals surface area contributed by atoms with Crippen molar-refractivity contribution in [2.75, 3.05) is 0 Å². The van der Waals surface area contributed by atoms with E-state index in [-0.39, 0.29) is 11.2 Å². The fraction of sp³-hybridized carbons (Fsp3) is 0.588. The van der Waals surface area contributed by atoms with Crippen LogP contribution in [-0.2, 0) is 11.2 Å². The Morgan fingerprint density at radius 2 is 2.00 bits per heavy atom. The summed E-state index contributed by atoms with van der Waals surface area (Å²) in [7, 11) is 0. The lowest BCUT2D eigenvalue weighted by Crippen LogP contribution is -2.45. The molecule has 0 heterocycles. The Bertz CT molecular complexity index is 434. The van der Waals surface area contributed by atoms with Gasteiger partial charge in [-0.2, -0.15) is 12.6 Å². The van der Waals surface area contributed by atoms with Crippen LogP contribution in [0.5, 0.6) is 0 Å². The van der Waals surface area contributed by atoms with Gasteiger partial charge in [0.15, 0.2) is 0 Å². The van der Waals surface area contributed by atoms with E-state index in [2.05, 4.69) is 31.8 Å². The van der Waals surface area contributed by atoms with E-state index in [4.69, 9.17) is 0 Å². The van der Waals surface area contributed by atoms with E-state index in [1.165, 1.54) is 12.8 Å². The quantitative estimate of drug-likeness (QED) is 0.817. The van der Waals surface area contributed by atoms with Gasteiger partial charge in [-0.1, -0.05) is 44.2 Å². The number of carbonyl (C=O) groups excluding carboxylic acids is 1. The molecule has 3 heteroatoms. The third-order valence-electron chi connectivity index (χ3n) is 4.33. The third-order valence-corrected chi connectivity index (χ3v) is 4.75. The maximum atomic E-state index is 12.3. The second-order valence-corrected chi connectivity index (χ2v) is 6.84. The number of rotatable bonds is 4. The average Bonchev–Trinajstić information content (AvgIpc) is 2.43. The highest BCUT2D eigenvalue weighted by Gasteiger charge is 2.27. The molecule has 20 heavy (non-hydrogen) atoms. The van der Waals surface area contributed by atoms with Crippen LogP contribution in [0.3, 0.4) is 0 Å². The number of carbonyl (C=O) groups is 1. The molecule has 2 rings (SSSR count). The molecule has 1 aromatic rings. The molecule has 0 spiro atoms. The summed E-state index contributed by atoms with van der Waals surface area (Å²) in [5.74, 6) is 1.43. The van der Waals surface area contributed by atoms with Crippen LogP contribution in [0.2, 0.25) is 0 Å². The molecule has 0 aromatic heterocycles. The fourth-order valence-corrected chi connectivity index (χ4v) is 3.37. The van der Waals surface area contributed by atoms with E-state index in [0.717, 1.165) is 17.9 Å². The molecule has 110 valence electrons. The maximum Gasteiger partial charge on any atom is 0.233 e. The number of thiol groups is 1. The Balaban J connectivity index is 1.85. The molecule has 0 radical (unpaired) electrons. The third kappa shape index (κ3) is 4.27. The van der Waals surface area contributed by atoms with Crippen LogP contribution in [0, 0.1) is 11.8 Å². The van der Waals surface area contributed by atoms with Crippen LogP contribution in [0.25, 0.3) is 0 Å². The standard InChI is InChI=1S/C17H25NOS/c1-12-8-9-15(13(2)10-12)18-17(19)16(20)11-14-6-4-3-5-7-14/h3-7,12-13,15-16,20H,8-11H2,1-2H3,(H,18,19). The van der Waals surface area contributed by atoms with E-state index in [1.54, 1.807) is 0 Å². The fourth-order valence-electron chi connectivity index (χ4n) is 3.09. The van der Waals surface area contributed by atoms with Gasteiger partial charge in [0.2, 0.25) is 5.91 Å². The van der Waals surface area contributed by atoms with Crippen molar-refractivity contribution in [3.05, 3.63) is 35.9 Å². The first-order valence-corrected chi connectivity index (χ1v) is 8.10. The first-order chi connectivity index (χ1) is 9.56. The van der Waals surface area contributed by atoms with Gasteiger partial charge >= 0.3 is 0 Å². The van der Waals surface area contributed by atoms with Gasteiger partial charge in [0, 0.05) is 6.04 Å². The molecule has 0 saturated heterocycles. The molecule has 4 unspecified atom stereocenters. The summed E-state index contributed by atoms with van der Waals surface area (Å²) in [6.07, 6.45) is 4.21. The molecule has 1 saturated carbocycles. The molecule has 1 aromatic carbocycles. The summed E-state index contributed by atoms with van der Waals surface area (Å²) < 4.78 is 0. The van der Waals surface area contributed by atoms with Crippen molar-refractivity contribution in [2.45, 2.75) is 50.8 Å². The number of hydrogen-bond acceptors (Lipinski definition) is 2. The smallest absolute Gasteiger partial charge is 0.233 e. The summed E-state index contributed by atoms with van der Waals surface area (Å²) in [6, 6.07) is 10.4. The van der Waals surface area contributed by atoms with Crippen LogP contribution < -0.4 is 5.32 Å². The Hall–Kier alpha value is -0.960.